The second kappa shape index (κ2) is 9.38. The average Bonchev–Trinajstić information content (AvgIpc) is 3.50. The molecule has 0 radical (unpaired) electrons. The van der Waals surface area contributed by atoms with Gasteiger partial charge < -0.3 is 16.4 Å². The molecule has 2 amide bonds. The van der Waals surface area contributed by atoms with Gasteiger partial charge in [0.05, 0.1) is 0 Å². The second-order valence-electron chi connectivity index (χ2n) is 6.27. The summed E-state index contributed by atoms with van der Waals surface area (Å²) < 4.78 is 12.9. The van der Waals surface area contributed by atoms with Crippen molar-refractivity contribution in [2.24, 2.45) is 11.7 Å². The van der Waals surface area contributed by atoms with Crippen molar-refractivity contribution in [3.8, 4) is 0 Å². The summed E-state index contributed by atoms with van der Waals surface area (Å²) in [6, 6.07) is 5.67. The smallest absolute Gasteiger partial charge is 0.272 e. The second-order valence-corrected chi connectivity index (χ2v) is 6.27. The Hall–Kier alpha value is -2.58. The number of amides is 2. The summed E-state index contributed by atoms with van der Waals surface area (Å²) in [4.78, 5) is 32.7. The Balaban J connectivity index is 0.00000261. The van der Waals surface area contributed by atoms with E-state index in [9.17, 15) is 14.0 Å². The maximum absolute atomic E-state index is 12.9. The van der Waals surface area contributed by atoms with Crippen LogP contribution in [0.25, 0.3) is 0 Å². The lowest BCUT2D eigenvalue weighted by Gasteiger charge is -2.12. The molecule has 7 nitrogen and oxygen atoms in total. The molecule has 27 heavy (non-hydrogen) atoms. The summed E-state index contributed by atoms with van der Waals surface area (Å²) in [5.41, 5.74) is 6.58. The Kier molecular flexibility index (Phi) is 7.20. The van der Waals surface area contributed by atoms with Crippen LogP contribution in [0, 0.1) is 11.7 Å². The molecule has 0 aliphatic heterocycles. The zero-order chi connectivity index (χ0) is 18.5. The number of rotatable bonds is 7. The molecule has 0 saturated heterocycles. The monoisotopic (exact) mass is 393 g/mol. The van der Waals surface area contributed by atoms with Gasteiger partial charge in [-0.2, -0.15) is 0 Å². The van der Waals surface area contributed by atoms with Crippen LogP contribution in [0.2, 0.25) is 0 Å². The van der Waals surface area contributed by atoms with Crippen molar-refractivity contribution in [1.82, 2.24) is 20.6 Å². The number of hydrogen-bond donors (Lipinski definition) is 3. The summed E-state index contributed by atoms with van der Waals surface area (Å²) in [7, 11) is 0. The molecule has 1 aromatic carbocycles. The van der Waals surface area contributed by atoms with Crippen molar-refractivity contribution in [3.05, 3.63) is 59.4 Å². The fraction of sp³-hybridized carbons (Fsp3) is 0.333. The Morgan fingerprint density at radius 3 is 2.19 bits per heavy atom. The highest BCUT2D eigenvalue weighted by Crippen LogP contribution is 2.31. The highest BCUT2D eigenvalue weighted by molar-refractivity contribution is 6.04. The van der Waals surface area contributed by atoms with E-state index in [4.69, 9.17) is 5.73 Å². The van der Waals surface area contributed by atoms with Crippen LogP contribution >= 0.6 is 12.4 Å². The van der Waals surface area contributed by atoms with E-state index in [1.165, 1.54) is 24.5 Å². The highest BCUT2D eigenvalue weighted by Gasteiger charge is 2.29. The predicted octanol–water partition coefficient (Wildman–Crippen LogP) is 1.43. The van der Waals surface area contributed by atoms with Crippen LogP contribution in [0.1, 0.15) is 39.4 Å². The van der Waals surface area contributed by atoms with Crippen LogP contribution in [-0.2, 0) is 6.54 Å². The first-order valence-electron chi connectivity index (χ1n) is 8.42. The molecule has 9 heteroatoms. The van der Waals surface area contributed by atoms with Crippen LogP contribution in [0.4, 0.5) is 4.39 Å². The van der Waals surface area contributed by atoms with Crippen molar-refractivity contribution in [1.29, 1.82) is 0 Å². The normalized spacial score (nSPS) is 14.0. The minimum atomic E-state index is -0.529. The number of carbonyl (C=O) groups is 2. The average molecular weight is 394 g/mol. The standard InChI is InChI=1S/C18H20FN5O2.ClH/c19-13-5-1-11(2-6-13)9-23-17(25)15-16(22-8-7-21-15)18(26)24-10-14(20)12-3-4-12;/h1-2,5-8,12,14H,3-4,9-10,20H2,(H,23,25)(H,24,26);1H. The van der Waals surface area contributed by atoms with Crippen LogP contribution in [0.3, 0.4) is 0 Å². The van der Waals surface area contributed by atoms with Gasteiger partial charge in [0.25, 0.3) is 11.8 Å². The molecule has 1 heterocycles. The number of nitrogens with one attached hydrogen (secondary N) is 2. The van der Waals surface area contributed by atoms with Crippen LogP contribution in [0.5, 0.6) is 0 Å². The van der Waals surface area contributed by atoms with Crippen molar-refractivity contribution < 1.29 is 14.0 Å². The van der Waals surface area contributed by atoms with Gasteiger partial charge in [0.2, 0.25) is 0 Å². The number of nitrogens with two attached hydrogens (primary N) is 1. The molecule has 1 aromatic heterocycles. The molecule has 2 aromatic rings. The number of aromatic nitrogens is 2. The van der Waals surface area contributed by atoms with Gasteiger partial charge in [0, 0.05) is 31.5 Å². The summed E-state index contributed by atoms with van der Waals surface area (Å²) in [5, 5.41) is 5.36. The molecular formula is C18H21ClFN5O2. The fourth-order valence-electron chi connectivity index (χ4n) is 2.52. The fourth-order valence-corrected chi connectivity index (χ4v) is 2.52. The van der Waals surface area contributed by atoms with Crippen LogP contribution < -0.4 is 16.4 Å². The molecule has 1 aliphatic carbocycles. The van der Waals surface area contributed by atoms with Gasteiger partial charge >= 0.3 is 0 Å². The number of halogens is 2. The molecule has 1 atom stereocenters. The lowest BCUT2D eigenvalue weighted by atomic mass is 10.2. The molecule has 0 bridgehead atoms. The van der Waals surface area contributed by atoms with Gasteiger partial charge in [-0.05, 0) is 36.5 Å². The molecule has 4 N–H and O–H groups in total. The van der Waals surface area contributed by atoms with E-state index < -0.39 is 11.8 Å². The van der Waals surface area contributed by atoms with E-state index in [1.807, 2.05) is 0 Å². The minimum Gasteiger partial charge on any atom is -0.349 e. The van der Waals surface area contributed by atoms with Gasteiger partial charge in [0.15, 0.2) is 11.4 Å². The van der Waals surface area contributed by atoms with Crippen molar-refractivity contribution in [2.45, 2.75) is 25.4 Å². The summed E-state index contributed by atoms with van der Waals surface area (Å²) in [5.74, 6) is -0.909. The van der Waals surface area contributed by atoms with Gasteiger partial charge in [-0.15, -0.1) is 12.4 Å². The highest BCUT2D eigenvalue weighted by atomic mass is 35.5. The lowest BCUT2D eigenvalue weighted by Crippen LogP contribution is -2.39. The third-order valence-electron chi connectivity index (χ3n) is 4.22. The first-order chi connectivity index (χ1) is 12.5. The van der Waals surface area contributed by atoms with E-state index in [0.717, 1.165) is 18.4 Å². The summed E-state index contributed by atoms with van der Waals surface area (Å²) in [6.07, 6.45) is 4.87. The van der Waals surface area contributed by atoms with Crippen molar-refractivity contribution in [3.63, 3.8) is 0 Å². The number of hydrogen-bond acceptors (Lipinski definition) is 5. The molecule has 1 unspecified atom stereocenters. The molecule has 0 spiro atoms. The Morgan fingerprint density at radius 1 is 1.07 bits per heavy atom. The Bertz CT molecular complexity index is 799. The van der Waals surface area contributed by atoms with E-state index in [0.29, 0.717) is 12.5 Å². The number of nitrogens with zero attached hydrogens (tertiary/aromatic N) is 2. The molecule has 1 fully saturated rings. The maximum atomic E-state index is 12.9. The van der Waals surface area contributed by atoms with E-state index in [-0.39, 0.29) is 42.2 Å². The topological polar surface area (TPSA) is 110 Å². The van der Waals surface area contributed by atoms with Crippen LogP contribution in [-0.4, -0.2) is 34.4 Å². The first-order valence-corrected chi connectivity index (χ1v) is 8.42. The van der Waals surface area contributed by atoms with E-state index in [2.05, 4.69) is 20.6 Å². The number of benzene rings is 1. The molecule has 3 rings (SSSR count). The third kappa shape index (κ3) is 5.70. The largest absolute Gasteiger partial charge is 0.349 e. The van der Waals surface area contributed by atoms with Gasteiger partial charge in [0.1, 0.15) is 5.82 Å². The molecular weight excluding hydrogens is 373 g/mol. The number of carbonyl (C=O) groups excluding carboxylic acids is 2. The first kappa shape index (κ1) is 20.7. The zero-order valence-corrected chi connectivity index (χ0v) is 15.3. The lowest BCUT2D eigenvalue weighted by molar-refractivity contribution is 0.0908. The van der Waals surface area contributed by atoms with Crippen molar-refractivity contribution >= 4 is 24.2 Å². The van der Waals surface area contributed by atoms with Gasteiger partial charge in [-0.25, -0.2) is 14.4 Å². The predicted molar refractivity (Wildman–Crippen MR) is 99.9 cm³/mol. The quantitative estimate of drug-likeness (QED) is 0.659. The summed E-state index contributed by atoms with van der Waals surface area (Å²) >= 11 is 0. The Labute approximate surface area is 162 Å². The minimum absolute atomic E-state index is 0. The summed E-state index contributed by atoms with van der Waals surface area (Å²) in [6.45, 7) is 0.514. The van der Waals surface area contributed by atoms with Crippen molar-refractivity contribution in [2.75, 3.05) is 6.54 Å². The molecule has 144 valence electrons. The molecule has 1 aliphatic rings. The van der Waals surface area contributed by atoms with E-state index in [1.54, 1.807) is 12.1 Å². The molecule has 1 saturated carbocycles. The maximum Gasteiger partial charge on any atom is 0.272 e. The Morgan fingerprint density at radius 2 is 1.63 bits per heavy atom. The van der Waals surface area contributed by atoms with Gasteiger partial charge in [-0.1, -0.05) is 12.1 Å². The van der Waals surface area contributed by atoms with Gasteiger partial charge in [-0.3, -0.25) is 9.59 Å². The zero-order valence-electron chi connectivity index (χ0n) is 14.5. The van der Waals surface area contributed by atoms with E-state index >= 15 is 0 Å². The van der Waals surface area contributed by atoms with Crippen LogP contribution in [0.15, 0.2) is 36.7 Å². The third-order valence-corrected chi connectivity index (χ3v) is 4.22. The SMILES string of the molecule is Cl.NC(CNC(=O)c1nccnc1C(=O)NCc1ccc(F)cc1)C1CC1.